The van der Waals surface area contributed by atoms with Crippen LogP contribution in [0.5, 0.6) is 0 Å². The number of nitrogens with zero attached hydrogens (tertiary/aromatic N) is 1. The first-order chi connectivity index (χ1) is 8.39. The molecule has 3 heteroatoms. The van der Waals surface area contributed by atoms with Gasteiger partial charge in [0.05, 0.1) is 6.04 Å². The highest BCUT2D eigenvalue weighted by Gasteiger charge is 2.39. The number of carbonyl (C=O) groups excluding carboxylic acids is 1. The number of hydrogen-bond acceptors (Lipinski definition) is 2. The first-order valence-electron chi connectivity index (χ1n) is 7.45. The van der Waals surface area contributed by atoms with Crippen LogP contribution in [0.15, 0.2) is 0 Å². The second-order valence-corrected chi connectivity index (χ2v) is 7.11. The van der Waals surface area contributed by atoms with E-state index in [4.69, 9.17) is 0 Å². The summed E-state index contributed by atoms with van der Waals surface area (Å²) in [6.07, 6.45) is 5.76. The Kier molecular flexibility index (Phi) is 4.00. The van der Waals surface area contributed by atoms with Crippen LogP contribution in [0.1, 0.15) is 59.8 Å². The molecule has 2 fully saturated rings. The predicted octanol–water partition coefficient (Wildman–Crippen LogP) is 2.55. The fraction of sp³-hybridized carbons (Fsp3) is 0.933. The minimum absolute atomic E-state index is 0.0578. The van der Waals surface area contributed by atoms with Gasteiger partial charge in [0.2, 0.25) is 5.91 Å². The smallest absolute Gasteiger partial charge is 0.239 e. The molecule has 1 saturated heterocycles. The zero-order valence-corrected chi connectivity index (χ0v) is 12.3. The highest BCUT2D eigenvalue weighted by Crippen LogP contribution is 2.40. The number of piperidine rings is 1. The molecule has 1 amide bonds. The minimum atomic E-state index is 0.0578. The van der Waals surface area contributed by atoms with E-state index < -0.39 is 0 Å². The lowest BCUT2D eigenvalue weighted by Gasteiger charge is -2.38. The van der Waals surface area contributed by atoms with Gasteiger partial charge in [-0.2, -0.15) is 0 Å². The maximum absolute atomic E-state index is 12.5. The van der Waals surface area contributed by atoms with Gasteiger partial charge in [-0.15, -0.1) is 0 Å². The van der Waals surface area contributed by atoms with E-state index in [9.17, 15) is 4.79 Å². The second-order valence-electron chi connectivity index (χ2n) is 7.11. The Labute approximate surface area is 111 Å². The maximum Gasteiger partial charge on any atom is 0.239 e. The number of nitrogens with one attached hydrogen (secondary N) is 1. The minimum Gasteiger partial charge on any atom is -0.338 e. The lowest BCUT2D eigenvalue weighted by Crippen LogP contribution is -2.55. The van der Waals surface area contributed by atoms with Gasteiger partial charge in [-0.05, 0) is 37.5 Å². The van der Waals surface area contributed by atoms with Crippen molar-refractivity contribution in [1.29, 1.82) is 0 Å². The van der Waals surface area contributed by atoms with Crippen molar-refractivity contribution in [3.8, 4) is 0 Å². The summed E-state index contributed by atoms with van der Waals surface area (Å²) >= 11 is 0. The maximum atomic E-state index is 12.5. The third-order valence-electron chi connectivity index (χ3n) is 4.39. The first-order valence-corrected chi connectivity index (χ1v) is 7.45. The van der Waals surface area contributed by atoms with E-state index >= 15 is 0 Å². The van der Waals surface area contributed by atoms with Crippen LogP contribution in [-0.2, 0) is 4.79 Å². The molecule has 18 heavy (non-hydrogen) atoms. The van der Waals surface area contributed by atoms with Gasteiger partial charge in [0, 0.05) is 18.6 Å². The average Bonchev–Trinajstić information content (AvgIpc) is 2.61. The van der Waals surface area contributed by atoms with Crippen LogP contribution in [0.3, 0.4) is 0 Å². The van der Waals surface area contributed by atoms with Gasteiger partial charge in [0.1, 0.15) is 0 Å². The van der Waals surface area contributed by atoms with Crippen LogP contribution < -0.4 is 5.32 Å². The van der Waals surface area contributed by atoms with E-state index in [0.29, 0.717) is 23.4 Å². The van der Waals surface area contributed by atoms with E-state index in [1.54, 1.807) is 0 Å². The van der Waals surface area contributed by atoms with Crippen LogP contribution in [0.2, 0.25) is 0 Å². The van der Waals surface area contributed by atoms with Gasteiger partial charge < -0.3 is 10.2 Å². The number of hydrogen-bond donors (Lipinski definition) is 1. The van der Waals surface area contributed by atoms with Crippen molar-refractivity contribution in [2.24, 2.45) is 5.41 Å². The van der Waals surface area contributed by atoms with E-state index in [2.05, 4.69) is 37.9 Å². The average molecular weight is 252 g/mol. The van der Waals surface area contributed by atoms with Gasteiger partial charge >= 0.3 is 0 Å². The topological polar surface area (TPSA) is 32.3 Å². The molecule has 104 valence electrons. The van der Waals surface area contributed by atoms with Gasteiger partial charge in [0.25, 0.3) is 0 Å². The van der Waals surface area contributed by atoms with Crippen LogP contribution in [0, 0.1) is 5.41 Å². The van der Waals surface area contributed by atoms with Crippen LogP contribution in [-0.4, -0.2) is 35.5 Å². The molecule has 2 unspecified atom stereocenters. The number of carbonyl (C=O) groups is 1. The molecule has 1 aliphatic carbocycles. The summed E-state index contributed by atoms with van der Waals surface area (Å²) in [4.78, 5) is 14.7. The monoisotopic (exact) mass is 252 g/mol. The van der Waals surface area contributed by atoms with Gasteiger partial charge in [-0.1, -0.05) is 27.7 Å². The first kappa shape index (κ1) is 13.9. The molecule has 1 aliphatic heterocycles. The molecule has 1 N–H and O–H groups in total. The predicted molar refractivity (Wildman–Crippen MR) is 74.4 cm³/mol. The molecule has 2 rings (SSSR count). The molecular weight excluding hydrogens is 224 g/mol. The summed E-state index contributed by atoms with van der Waals surface area (Å²) in [6, 6.07) is 0.936. The van der Waals surface area contributed by atoms with Gasteiger partial charge in [-0.25, -0.2) is 0 Å². The van der Waals surface area contributed by atoms with E-state index in [1.807, 2.05) is 0 Å². The Bertz CT molecular complexity index is 312. The highest BCUT2D eigenvalue weighted by atomic mass is 16.2. The van der Waals surface area contributed by atoms with Crippen molar-refractivity contribution in [2.75, 3.05) is 6.54 Å². The van der Waals surface area contributed by atoms with Crippen molar-refractivity contribution in [2.45, 2.75) is 77.9 Å². The highest BCUT2D eigenvalue weighted by molar-refractivity contribution is 5.83. The van der Waals surface area contributed by atoms with Crippen LogP contribution in [0.4, 0.5) is 0 Å². The number of likely N-dealkylation sites (tertiary alicyclic amines) is 1. The normalized spacial score (nSPS) is 32.3. The molecular formula is C15H28N2O. The summed E-state index contributed by atoms with van der Waals surface area (Å²) < 4.78 is 0. The molecule has 0 aromatic rings. The Hall–Kier alpha value is -0.570. The standard InChI is InChI=1S/C15H28N2O/c1-11(2)16-13-6-5-9-17(14(13)18)12-7-8-15(3,4)10-12/h11-13,16H,5-10H2,1-4H3. The second kappa shape index (κ2) is 5.20. The Balaban J connectivity index is 1.99. The fourth-order valence-corrected chi connectivity index (χ4v) is 3.48. The molecule has 2 atom stereocenters. The summed E-state index contributed by atoms with van der Waals surface area (Å²) in [7, 11) is 0. The lowest BCUT2D eigenvalue weighted by molar-refractivity contribution is -0.138. The largest absolute Gasteiger partial charge is 0.338 e. The molecule has 2 aliphatic rings. The summed E-state index contributed by atoms with van der Waals surface area (Å²) in [5.41, 5.74) is 0.420. The van der Waals surface area contributed by atoms with Crippen molar-refractivity contribution in [3.63, 3.8) is 0 Å². The molecule has 1 heterocycles. The van der Waals surface area contributed by atoms with Gasteiger partial charge in [0.15, 0.2) is 0 Å². The van der Waals surface area contributed by atoms with Crippen LogP contribution in [0.25, 0.3) is 0 Å². The van der Waals surface area contributed by atoms with Crippen LogP contribution >= 0.6 is 0 Å². The summed E-state index contributed by atoms with van der Waals surface area (Å²) in [5, 5.41) is 3.41. The number of amides is 1. The Morgan fingerprint density at radius 1 is 1.33 bits per heavy atom. The van der Waals surface area contributed by atoms with E-state index in [1.165, 1.54) is 19.3 Å². The molecule has 0 bridgehead atoms. The molecule has 0 aromatic carbocycles. The molecule has 0 aromatic heterocycles. The fourth-order valence-electron chi connectivity index (χ4n) is 3.48. The summed E-state index contributed by atoms with van der Waals surface area (Å²) in [6.45, 7) is 9.85. The summed E-state index contributed by atoms with van der Waals surface area (Å²) in [5.74, 6) is 0.345. The van der Waals surface area contributed by atoms with Crippen molar-refractivity contribution < 1.29 is 4.79 Å². The zero-order chi connectivity index (χ0) is 13.3. The molecule has 0 radical (unpaired) electrons. The molecule has 0 spiro atoms. The zero-order valence-electron chi connectivity index (χ0n) is 12.3. The molecule has 3 nitrogen and oxygen atoms in total. The quantitative estimate of drug-likeness (QED) is 0.837. The van der Waals surface area contributed by atoms with Crippen molar-refractivity contribution >= 4 is 5.91 Å². The molecule has 1 saturated carbocycles. The Morgan fingerprint density at radius 3 is 2.61 bits per heavy atom. The van der Waals surface area contributed by atoms with Gasteiger partial charge in [-0.3, -0.25) is 4.79 Å². The lowest BCUT2D eigenvalue weighted by atomic mass is 9.91. The van der Waals surface area contributed by atoms with Crippen molar-refractivity contribution in [1.82, 2.24) is 10.2 Å². The SMILES string of the molecule is CC(C)NC1CCCN(C2CCC(C)(C)C2)C1=O. The van der Waals surface area contributed by atoms with E-state index in [0.717, 1.165) is 19.4 Å². The number of rotatable bonds is 3. The Morgan fingerprint density at radius 2 is 2.06 bits per heavy atom. The third kappa shape index (κ3) is 3.05. The third-order valence-corrected chi connectivity index (χ3v) is 4.39. The van der Waals surface area contributed by atoms with Crippen molar-refractivity contribution in [3.05, 3.63) is 0 Å². The van der Waals surface area contributed by atoms with E-state index in [-0.39, 0.29) is 6.04 Å².